The van der Waals surface area contributed by atoms with E-state index in [9.17, 15) is 23.7 Å². The van der Waals surface area contributed by atoms with Crippen molar-refractivity contribution in [1.82, 2.24) is 0 Å². The number of benzene rings is 1. The maximum atomic E-state index is 12.1. The Labute approximate surface area is 104 Å². The summed E-state index contributed by atoms with van der Waals surface area (Å²) < 4.78 is 28.1. The van der Waals surface area contributed by atoms with Crippen LogP contribution >= 0.6 is 11.6 Å². The third kappa shape index (κ3) is 3.52. The average Bonchev–Trinajstić information content (AvgIpc) is 2.12. The second-order valence-electron chi connectivity index (χ2n) is 3.12. The summed E-state index contributed by atoms with van der Waals surface area (Å²) in [5.74, 6) is -2.12. The summed E-state index contributed by atoms with van der Waals surface area (Å²) >= 11 is 5.55. The lowest BCUT2D eigenvalue weighted by atomic mass is 10.1. The molecule has 6 nitrogen and oxygen atoms in total. The number of hydrogen-bond donors (Lipinski definition) is 1. The van der Waals surface area contributed by atoms with Crippen LogP contribution in [0.15, 0.2) is 12.1 Å². The van der Waals surface area contributed by atoms with Crippen LogP contribution in [0.5, 0.6) is 5.75 Å². The molecule has 0 aliphatic carbocycles. The van der Waals surface area contributed by atoms with E-state index in [4.69, 9.17) is 16.7 Å². The molecule has 0 fully saturated rings. The number of nitro benzene ring substituents is 1. The number of hydrogen-bond acceptors (Lipinski definition) is 4. The minimum atomic E-state index is -3.28. The summed E-state index contributed by atoms with van der Waals surface area (Å²) in [5.41, 5.74) is -1.14. The summed E-state index contributed by atoms with van der Waals surface area (Å²) in [6, 6.07) is 1.85. The molecule has 0 bridgehead atoms. The van der Waals surface area contributed by atoms with Crippen LogP contribution in [0.4, 0.5) is 14.5 Å². The van der Waals surface area contributed by atoms with Crippen molar-refractivity contribution in [3.8, 4) is 5.75 Å². The lowest BCUT2D eigenvalue weighted by molar-refractivity contribution is -0.387. The molecular formula is C9H6ClF2NO5. The Morgan fingerprint density at radius 1 is 1.56 bits per heavy atom. The minimum absolute atomic E-state index is 0.132. The highest BCUT2D eigenvalue weighted by molar-refractivity contribution is 6.31. The van der Waals surface area contributed by atoms with Gasteiger partial charge in [-0.05, 0) is 6.07 Å². The van der Waals surface area contributed by atoms with Crippen molar-refractivity contribution in [3.63, 3.8) is 0 Å². The van der Waals surface area contributed by atoms with Crippen LogP contribution in [0.1, 0.15) is 5.56 Å². The highest BCUT2D eigenvalue weighted by Gasteiger charge is 2.25. The Morgan fingerprint density at radius 2 is 2.17 bits per heavy atom. The zero-order valence-corrected chi connectivity index (χ0v) is 9.36. The number of halogens is 3. The predicted octanol–water partition coefficient (Wildman–Crippen LogP) is 2.48. The molecule has 0 atom stereocenters. The Kier molecular flexibility index (Phi) is 4.38. The van der Waals surface area contributed by atoms with Crippen molar-refractivity contribution in [1.29, 1.82) is 0 Å². The van der Waals surface area contributed by atoms with Gasteiger partial charge in [0.2, 0.25) is 5.75 Å². The molecule has 0 aliphatic rings. The number of nitro groups is 1. The SMILES string of the molecule is O=C(O)Cc1cc(Cl)cc(OC(F)F)c1[N+](=O)[O-]. The number of carboxylic acids is 1. The first kappa shape index (κ1) is 14.1. The lowest BCUT2D eigenvalue weighted by Gasteiger charge is -2.08. The summed E-state index contributed by atoms with van der Waals surface area (Å²) in [6.07, 6.45) is -0.726. The molecule has 9 heteroatoms. The van der Waals surface area contributed by atoms with E-state index in [1.807, 2.05) is 0 Å². The third-order valence-corrected chi connectivity index (χ3v) is 2.08. The monoisotopic (exact) mass is 281 g/mol. The topological polar surface area (TPSA) is 89.7 Å². The van der Waals surface area contributed by atoms with Gasteiger partial charge in [0, 0.05) is 16.7 Å². The van der Waals surface area contributed by atoms with Gasteiger partial charge >= 0.3 is 18.3 Å². The highest BCUT2D eigenvalue weighted by Crippen LogP contribution is 2.35. The summed E-state index contributed by atoms with van der Waals surface area (Å²) in [5, 5.41) is 19.2. The maximum Gasteiger partial charge on any atom is 0.387 e. The van der Waals surface area contributed by atoms with Crippen molar-refractivity contribution in [2.45, 2.75) is 13.0 Å². The Hall–Kier alpha value is -1.96. The van der Waals surface area contributed by atoms with E-state index in [-0.39, 0.29) is 10.6 Å². The summed E-state index contributed by atoms with van der Waals surface area (Å²) in [6.45, 7) is -3.28. The van der Waals surface area contributed by atoms with Crippen LogP contribution in [-0.2, 0) is 11.2 Å². The van der Waals surface area contributed by atoms with Gasteiger partial charge in [-0.15, -0.1) is 0 Å². The number of rotatable bonds is 5. The first-order valence-corrected chi connectivity index (χ1v) is 4.82. The van der Waals surface area contributed by atoms with Gasteiger partial charge < -0.3 is 9.84 Å². The van der Waals surface area contributed by atoms with Gasteiger partial charge in [-0.1, -0.05) is 11.6 Å². The number of carboxylic acid groups (broad SMARTS) is 1. The quantitative estimate of drug-likeness (QED) is 0.661. The maximum absolute atomic E-state index is 12.1. The fourth-order valence-corrected chi connectivity index (χ4v) is 1.55. The van der Waals surface area contributed by atoms with Crippen LogP contribution in [-0.4, -0.2) is 22.6 Å². The molecule has 98 valence electrons. The number of carbonyl (C=O) groups is 1. The van der Waals surface area contributed by atoms with Crippen LogP contribution in [0.25, 0.3) is 0 Å². The lowest BCUT2D eigenvalue weighted by Crippen LogP contribution is -2.08. The zero-order chi connectivity index (χ0) is 13.9. The van der Waals surface area contributed by atoms with Crippen molar-refractivity contribution in [2.75, 3.05) is 0 Å². The van der Waals surface area contributed by atoms with Crippen molar-refractivity contribution in [2.24, 2.45) is 0 Å². The number of ether oxygens (including phenoxy) is 1. The predicted molar refractivity (Wildman–Crippen MR) is 56.1 cm³/mol. The number of nitrogens with zero attached hydrogens (tertiary/aromatic N) is 1. The normalized spacial score (nSPS) is 10.4. The highest BCUT2D eigenvalue weighted by atomic mass is 35.5. The molecule has 0 amide bonds. The van der Waals surface area contributed by atoms with Crippen molar-refractivity contribution >= 4 is 23.3 Å². The standard InChI is InChI=1S/C9H6ClF2NO5/c10-5-1-4(2-7(14)15)8(13(16)17)6(3-5)18-9(11)12/h1,3,9H,2H2,(H,14,15). The molecule has 0 aromatic heterocycles. The van der Waals surface area contributed by atoms with E-state index in [1.54, 1.807) is 0 Å². The van der Waals surface area contributed by atoms with Gasteiger partial charge in [0.1, 0.15) is 0 Å². The Bertz CT molecular complexity index is 494. The van der Waals surface area contributed by atoms with Gasteiger partial charge in [-0.25, -0.2) is 0 Å². The molecule has 0 spiro atoms. The molecule has 0 unspecified atom stereocenters. The average molecular weight is 282 g/mol. The van der Waals surface area contributed by atoms with Gasteiger partial charge in [0.05, 0.1) is 11.3 Å². The smallest absolute Gasteiger partial charge is 0.387 e. The first-order valence-electron chi connectivity index (χ1n) is 4.44. The number of aliphatic carboxylic acids is 1. The molecule has 0 aliphatic heterocycles. The molecule has 1 aromatic rings. The van der Waals surface area contributed by atoms with E-state index in [2.05, 4.69) is 4.74 Å². The molecule has 1 aromatic carbocycles. The van der Waals surface area contributed by atoms with Crippen molar-refractivity contribution in [3.05, 3.63) is 32.8 Å². The van der Waals surface area contributed by atoms with Crippen LogP contribution in [0, 0.1) is 10.1 Å². The zero-order valence-electron chi connectivity index (χ0n) is 8.60. The molecule has 1 rings (SSSR count). The van der Waals surface area contributed by atoms with Gasteiger partial charge in [0.25, 0.3) is 0 Å². The summed E-state index contributed by atoms with van der Waals surface area (Å²) in [7, 11) is 0. The van der Waals surface area contributed by atoms with Gasteiger partial charge in [0.15, 0.2) is 0 Å². The Balaban J connectivity index is 3.35. The van der Waals surface area contributed by atoms with E-state index >= 15 is 0 Å². The van der Waals surface area contributed by atoms with Crippen molar-refractivity contribution < 1.29 is 28.3 Å². The molecule has 0 saturated heterocycles. The fraction of sp³-hybridized carbons (Fsp3) is 0.222. The molecule has 0 heterocycles. The minimum Gasteiger partial charge on any atom is -0.481 e. The van der Waals surface area contributed by atoms with Crippen LogP contribution in [0.3, 0.4) is 0 Å². The Morgan fingerprint density at radius 3 is 2.61 bits per heavy atom. The molecule has 1 N–H and O–H groups in total. The second-order valence-corrected chi connectivity index (χ2v) is 3.55. The van der Waals surface area contributed by atoms with Crippen LogP contribution < -0.4 is 4.74 Å². The largest absolute Gasteiger partial charge is 0.481 e. The van der Waals surface area contributed by atoms with E-state index in [1.165, 1.54) is 0 Å². The summed E-state index contributed by atoms with van der Waals surface area (Å²) in [4.78, 5) is 20.3. The number of alkyl halides is 2. The second kappa shape index (κ2) is 5.58. The fourth-order valence-electron chi connectivity index (χ4n) is 1.32. The van der Waals surface area contributed by atoms with E-state index in [0.717, 1.165) is 12.1 Å². The van der Waals surface area contributed by atoms with Gasteiger partial charge in [-0.2, -0.15) is 8.78 Å². The molecular weight excluding hydrogens is 276 g/mol. The third-order valence-electron chi connectivity index (χ3n) is 1.86. The van der Waals surface area contributed by atoms with Gasteiger partial charge in [-0.3, -0.25) is 14.9 Å². The first-order chi connectivity index (χ1) is 8.31. The molecule has 0 saturated carbocycles. The van der Waals surface area contributed by atoms with Crippen LogP contribution in [0.2, 0.25) is 5.02 Å². The molecule has 0 radical (unpaired) electrons. The molecule has 18 heavy (non-hydrogen) atoms. The van der Waals surface area contributed by atoms with E-state index < -0.39 is 35.4 Å². The van der Waals surface area contributed by atoms with E-state index in [0.29, 0.717) is 0 Å².